The molecule has 0 bridgehead atoms. The van der Waals surface area contributed by atoms with Crippen LogP contribution in [0.3, 0.4) is 0 Å². The monoisotopic (exact) mass is 285 g/mol. The van der Waals surface area contributed by atoms with Gasteiger partial charge in [0.2, 0.25) is 0 Å². The molecule has 2 aromatic carbocycles. The van der Waals surface area contributed by atoms with Gasteiger partial charge >= 0.3 is 0 Å². The van der Waals surface area contributed by atoms with Crippen LogP contribution in [0.1, 0.15) is 24.3 Å². The van der Waals surface area contributed by atoms with Crippen molar-refractivity contribution in [2.24, 2.45) is 5.73 Å². The van der Waals surface area contributed by atoms with Crippen LogP contribution in [0, 0.1) is 0 Å². The fourth-order valence-electron chi connectivity index (χ4n) is 2.34. The van der Waals surface area contributed by atoms with Crippen LogP contribution in [0.5, 0.6) is 11.5 Å². The highest BCUT2D eigenvalue weighted by molar-refractivity contribution is 5.31. The molecule has 0 heterocycles. The molecule has 0 saturated heterocycles. The third kappa shape index (κ3) is 4.80. The van der Waals surface area contributed by atoms with Crippen molar-refractivity contribution < 1.29 is 9.47 Å². The van der Waals surface area contributed by atoms with Gasteiger partial charge < -0.3 is 15.2 Å². The average Bonchev–Trinajstić information content (AvgIpc) is 2.56. The molecule has 2 aromatic rings. The smallest absolute Gasteiger partial charge is 0.119 e. The SMILES string of the molecule is COc1ccc(OCCCC(CN)c2ccccc2)cc1. The van der Waals surface area contributed by atoms with Crippen LogP contribution >= 0.6 is 0 Å². The van der Waals surface area contributed by atoms with Gasteiger partial charge in [-0.25, -0.2) is 0 Å². The zero-order valence-corrected chi connectivity index (χ0v) is 12.5. The number of hydrogen-bond donors (Lipinski definition) is 1. The fraction of sp³-hybridized carbons (Fsp3) is 0.333. The van der Waals surface area contributed by atoms with Crippen LogP contribution in [0.2, 0.25) is 0 Å². The first-order valence-corrected chi connectivity index (χ1v) is 7.35. The molecule has 21 heavy (non-hydrogen) atoms. The van der Waals surface area contributed by atoms with Crippen LogP contribution < -0.4 is 15.2 Å². The largest absolute Gasteiger partial charge is 0.497 e. The second kappa shape index (κ2) is 8.32. The Labute approximate surface area is 126 Å². The van der Waals surface area contributed by atoms with E-state index in [-0.39, 0.29) is 0 Å². The Morgan fingerprint density at radius 3 is 2.24 bits per heavy atom. The summed E-state index contributed by atoms with van der Waals surface area (Å²) < 4.78 is 10.9. The number of methoxy groups -OCH3 is 1. The van der Waals surface area contributed by atoms with Gasteiger partial charge in [-0.05, 0) is 55.1 Å². The Morgan fingerprint density at radius 1 is 0.952 bits per heavy atom. The van der Waals surface area contributed by atoms with Crippen LogP contribution in [0.25, 0.3) is 0 Å². The predicted molar refractivity (Wildman–Crippen MR) is 86.0 cm³/mol. The lowest BCUT2D eigenvalue weighted by atomic mass is 9.95. The highest BCUT2D eigenvalue weighted by Gasteiger charge is 2.08. The first-order chi connectivity index (χ1) is 10.3. The van der Waals surface area contributed by atoms with Crippen molar-refractivity contribution in [1.82, 2.24) is 0 Å². The van der Waals surface area contributed by atoms with Gasteiger partial charge in [0.05, 0.1) is 13.7 Å². The maximum absolute atomic E-state index is 5.88. The minimum atomic E-state index is 0.408. The molecule has 1 atom stereocenters. The highest BCUT2D eigenvalue weighted by atomic mass is 16.5. The Bertz CT molecular complexity index is 511. The van der Waals surface area contributed by atoms with Gasteiger partial charge in [0.1, 0.15) is 11.5 Å². The molecule has 0 spiro atoms. The normalized spacial score (nSPS) is 11.9. The average molecular weight is 285 g/mol. The standard InChI is InChI=1S/C18H23NO2/c1-20-17-9-11-18(12-10-17)21-13-5-8-16(14-19)15-6-3-2-4-7-15/h2-4,6-7,9-12,16H,5,8,13-14,19H2,1H3. The molecule has 0 aliphatic rings. The lowest BCUT2D eigenvalue weighted by Gasteiger charge is -2.15. The molecule has 0 aliphatic heterocycles. The number of benzene rings is 2. The van der Waals surface area contributed by atoms with E-state index in [1.54, 1.807) is 7.11 Å². The van der Waals surface area contributed by atoms with Crippen LogP contribution in [-0.2, 0) is 0 Å². The van der Waals surface area contributed by atoms with Crippen molar-refractivity contribution in [3.05, 3.63) is 60.2 Å². The summed E-state index contributed by atoms with van der Waals surface area (Å²) in [6.45, 7) is 1.38. The molecule has 2 N–H and O–H groups in total. The number of ether oxygens (including phenoxy) is 2. The molecule has 0 saturated carbocycles. The summed E-state index contributed by atoms with van der Waals surface area (Å²) >= 11 is 0. The topological polar surface area (TPSA) is 44.5 Å². The van der Waals surface area contributed by atoms with Crippen molar-refractivity contribution in [2.45, 2.75) is 18.8 Å². The van der Waals surface area contributed by atoms with E-state index in [0.29, 0.717) is 19.1 Å². The van der Waals surface area contributed by atoms with E-state index < -0.39 is 0 Å². The summed E-state index contributed by atoms with van der Waals surface area (Å²) in [6.07, 6.45) is 2.03. The molecular weight excluding hydrogens is 262 g/mol. The summed E-state index contributed by atoms with van der Waals surface area (Å²) in [6, 6.07) is 18.1. The van der Waals surface area contributed by atoms with Crippen LogP contribution in [-0.4, -0.2) is 20.3 Å². The van der Waals surface area contributed by atoms with Crippen molar-refractivity contribution in [3.8, 4) is 11.5 Å². The molecular formula is C18H23NO2. The predicted octanol–water partition coefficient (Wildman–Crippen LogP) is 3.60. The van der Waals surface area contributed by atoms with Gasteiger partial charge in [0.25, 0.3) is 0 Å². The molecule has 0 aromatic heterocycles. The van der Waals surface area contributed by atoms with Gasteiger partial charge in [-0.15, -0.1) is 0 Å². The molecule has 3 heteroatoms. The molecule has 0 aliphatic carbocycles. The van der Waals surface area contributed by atoms with E-state index in [4.69, 9.17) is 15.2 Å². The number of hydrogen-bond acceptors (Lipinski definition) is 3. The van der Waals surface area contributed by atoms with Gasteiger partial charge in [0, 0.05) is 0 Å². The van der Waals surface area contributed by atoms with Crippen LogP contribution in [0.4, 0.5) is 0 Å². The lowest BCUT2D eigenvalue weighted by molar-refractivity contribution is 0.301. The second-order valence-corrected chi connectivity index (χ2v) is 5.01. The molecule has 0 fully saturated rings. The highest BCUT2D eigenvalue weighted by Crippen LogP contribution is 2.21. The second-order valence-electron chi connectivity index (χ2n) is 5.01. The summed E-state index contributed by atoms with van der Waals surface area (Å²) in [4.78, 5) is 0. The van der Waals surface area contributed by atoms with Crippen molar-refractivity contribution in [2.75, 3.05) is 20.3 Å². The maximum atomic E-state index is 5.88. The molecule has 3 nitrogen and oxygen atoms in total. The molecule has 1 unspecified atom stereocenters. The molecule has 2 rings (SSSR count). The summed E-state index contributed by atoms with van der Waals surface area (Å²) in [7, 11) is 1.66. The van der Waals surface area contributed by atoms with E-state index in [1.165, 1.54) is 5.56 Å². The first kappa shape index (κ1) is 15.4. The minimum Gasteiger partial charge on any atom is -0.497 e. The quantitative estimate of drug-likeness (QED) is 0.754. The van der Waals surface area contributed by atoms with E-state index in [1.807, 2.05) is 30.3 Å². The van der Waals surface area contributed by atoms with E-state index >= 15 is 0 Å². The molecule has 112 valence electrons. The third-order valence-electron chi connectivity index (χ3n) is 3.58. The third-order valence-corrected chi connectivity index (χ3v) is 3.58. The van der Waals surface area contributed by atoms with Gasteiger partial charge in [-0.2, -0.15) is 0 Å². The zero-order valence-electron chi connectivity index (χ0n) is 12.5. The summed E-state index contributed by atoms with van der Waals surface area (Å²) in [5, 5.41) is 0. The van der Waals surface area contributed by atoms with E-state index in [0.717, 1.165) is 24.3 Å². The summed E-state index contributed by atoms with van der Waals surface area (Å²) in [5.41, 5.74) is 7.19. The van der Waals surface area contributed by atoms with Gasteiger partial charge in [-0.3, -0.25) is 0 Å². The minimum absolute atomic E-state index is 0.408. The Morgan fingerprint density at radius 2 is 1.62 bits per heavy atom. The Hall–Kier alpha value is -2.00. The van der Waals surface area contributed by atoms with Crippen LogP contribution in [0.15, 0.2) is 54.6 Å². The van der Waals surface area contributed by atoms with E-state index in [9.17, 15) is 0 Å². The molecule has 0 amide bonds. The number of rotatable bonds is 8. The van der Waals surface area contributed by atoms with E-state index in [2.05, 4.69) is 24.3 Å². The lowest BCUT2D eigenvalue weighted by Crippen LogP contribution is -2.13. The van der Waals surface area contributed by atoms with Crippen molar-refractivity contribution in [1.29, 1.82) is 0 Å². The van der Waals surface area contributed by atoms with Crippen molar-refractivity contribution in [3.63, 3.8) is 0 Å². The maximum Gasteiger partial charge on any atom is 0.119 e. The van der Waals surface area contributed by atoms with Gasteiger partial charge in [0.15, 0.2) is 0 Å². The fourth-order valence-corrected chi connectivity index (χ4v) is 2.34. The first-order valence-electron chi connectivity index (χ1n) is 7.35. The zero-order chi connectivity index (χ0) is 14.9. The molecule has 0 radical (unpaired) electrons. The Balaban J connectivity index is 1.75. The summed E-state index contributed by atoms with van der Waals surface area (Å²) in [5.74, 6) is 2.13. The van der Waals surface area contributed by atoms with Gasteiger partial charge in [-0.1, -0.05) is 30.3 Å². The van der Waals surface area contributed by atoms with Crippen molar-refractivity contribution >= 4 is 0 Å². The number of nitrogens with two attached hydrogens (primary N) is 1. The Kier molecular flexibility index (Phi) is 6.10.